The molecule has 0 aliphatic carbocycles. The Hall–Kier alpha value is -0.710. The van der Waals surface area contributed by atoms with Gasteiger partial charge >= 0.3 is 0 Å². The van der Waals surface area contributed by atoms with Crippen molar-refractivity contribution in [2.75, 3.05) is 6.54 Å². The van der Waals surface area contributed by atoms with Gasteiger partial charge in [0, 0.05) is 21.8 Å². The standard InChI is InChI=1S/C16H21BrN2S/c1-4-18-14(9-13-7-5-6-8-15(13)17)10-16-19-11(2)12(3)20-16/h5-8,14,18H,4,9-10H2,1-3H3. The molecule has 1 atom stereocenters. The lowest BCUT2D eigenvalue weighted by atomic mass is 10.0. The Morgan fingerprint density at radius 1 is 1.25 bits per heavy atom. The number of hydrogen-bond acceptors (Lipinski definition) is 3. The highest BCUT2D eigenvalue weighted by Crippen LogP contribution is 2.21. The number of nitrogens with one attached hydrogen (secondary N) is 1. The van der Waals surface area contributed by atoms with E-state index in [9.17, 15) is 0 Å². The maximum absolute atomic E-state index is 4.66. The molecule has 2 rings (SSSR count). The lowest BCUT2D eigenvalue weighted by Crippen LogP contribution is -2.33. The van der Waals surface area contributed by atoms with Crippen LogP contribution in [0.25, 0.3) is 0 Å². The summed E-state index contributed by atoms with van der Waals surface area (Å²) in [6.07, 6.45) is 2.02. The zero-order valence-corrected chi connectivity index (χ0v) is 14.6. The first-order chi connectivity index (χ1) is 9.60. The smallest absolute Gasteiger partial charge is 0.0946 e. The molecule has 20 heavy (non-hydrogen) atoms. The quantitative estimate of drug-likeness (QED) is 0.838. The third-order valence-corrected chi connectivity index (χ3v) is 5.28. The van der Waals surface area contributed by atoms with Gasteiger partial charge in [0.25, 0.3) is 0 Å². The van der Waals surface area contributed by atoms with Gasteiger partial charge in [0.15, 0.2) is 0 Å². The molecule has 108 valence electrons. The Morgan fingerprint density at radius 3 is 2.60 bits per heavy atom. The van der Waals surface area contributed by atoms with E-state index in [1.165, 1.54) is 25.6 Å². The van der Waals surface area contributed by atoms with Crippen LogP contribution in [0.2, 0.25) is 0 Å². The molecule has 1 heterocycles. The summed E-state index contributed by atoms with van der Waals surface area (Å²) in [4.78, 5) is 5.99. The second-order valence-electron chi connectivity index (χ2n) is 5.00. The van der Waals surface area contributed by atoms with Crippen LogP contribution in [0.5, 0.6) is 0 Å². The lowest BCUT2D eigenvalue weighted by molar-refractivity contribution is 0.519. The minimum atomic E-state index is 0.434. The van der Waals surface area contributed by atoms with Crippen LogP contribution in [0.3, 0.4) is 0 Å². The van der Waals surface area contributed by atoms with Gasteiger partial charge in [-0.15, -0.1) is 11.3 Å². The third kappa shape index (κ3) is 4.14. The van der Waals surface area contributed by atoms with E-state index in [-0.39, 0.29) is 0 Å². The van der Waals surface area contributed by atoms with Crippen molar-refractivity contribution in [3.63, 3.8) is 0 Å². The van der Waals surface area contributed by atoms with Gasteiger partial charge in [-0.3, -0.25) is 0 Å². The largest absolute Gasteiger partial charge is 0.314 e. The molecule has 0 fully saturated rings. The molecule has 0 aliphatic heterocycles. The van der Waals surface area contributed by atoms with Crippen LogP contribution in [-0.4, -0.2) is 17.6 Å². The number of halogens is 1. The van der Waals surface area contributed by atoms with E-state index in [1.807, 2.05) is 11.3 Å². The van der Waals surface area contributed by atoms with Crippen LogP contribution in [0, 0.1) is 13.8 Å². The van der Waals surface area contributed by atoms with Crippen LogP contribution >= 0.6 is 27.3 Å². The summed E-state index contributed by atoms with van der Waals surface area (Å²) in [5, 5.41) is 4.82. The highest BCUT2D eigenvalue weighted by Gasteiger charge is 2.14. The SMILES string of the molecule is CCNC(Cc1nc(C)c(C)s1)Cc1ccccc1Br. The number of aryl methyl sites for hydroxylation is 2. The second-order valence-corrected chi connectivity index (χ2v) is 7.15. The molecular formula is C16H21BrN2S. The van der Waals surface area contributed by atoms with E-state index in [1.54, 1.807) is 0 Å². The second kappa shape index (κ2) is 7.34. The van der Waals surface area contributed by atoms with E-state index in [0.29, 0.717) is 6.04 Å². The molecule has 0 bridgehead atoms. The van der Waals surface area contributed by atoms with E-state index in [4.69, 9.17) is 0 Å². The summed E-state index contributed by atoms with van der Waals surface area (Å²) in [6.45, 7) is 7.38. The Bertz CT molecular complexity index is 546. The molecule has 0 saturated heterocycles. The zero-order valence-electron chi connectivity index (χ0n) is 12.2. The van der Waals surface area contributed by atoms with E-state index < -0.39 is 0 Å². The van der Waals surface area contributed by atoms with Gasteiger partial charge in [0.2, 0.25) is 0 Å². The summed E-state index contributed by atoms with van der Waals surface area (Å²) >= 11 is 5.46. The molecular weight excluding hydrogens is 332 g/mol. The Labute approximate surface area is 133 Å². The van der Waals surface area contributed by atoms with Gasteiger partial charge < -0.3 is 5.32 Å². The fraction of sp³-hybridized carbons (Fsp3) is 0.438. The maximum Gasteiger partial charge on any atom is 0.0946 e. The van der Waals surface area contributed by atoms with Crippen LogP contribution in [0.4, 0.5) is 0 Å². The predicted octanol–water partition coefficient (Wildman–Crippen LogP) is 4.29. The molecule has 0 amide bonds. The zero-order chi connectivity index (χ0) is 14.5. The van der Waals surface area contributed by atoms with Gasteiger partial charge in [-0.1, -0.05) is 41.1 Å². The van der Waals surface area contributed by atoms with Gasteiger partial charge in [0.1, 0.15) is 0 Å². The summed E-state index contributed by atoms with van der Waals surface area (Å²) < 4.78 is 1.19. The first kappa shape index (κ1) is 15.7. The van der Waals surface area contributed by atoms with Crippen molar-refractivity contribution < 1.29 is 0 Å². The van der Waals surface area contributed by atoms with Crippen molar-refractivity contribution in [3.05, 3.63) is 49.9 Å². The van der Waals surface area contributed by atoms with E-state index >= 15 is 0 Å². The normalized spacial score (nSPS) is 12.6. The summed E-state index contributed by atoms with van der Waals surface area (Å²) in [5.41, 5.74) is 2.52. The minimum Gasteiger partial charge on any atom is -0.314 e. The first-order valence-corrected chi connectivity index (χ1v) is 8.60. The van der Waals surface area contributed by atoms with Crippen molar-refractivity contribution in [2.24, 2.45) is 0 Å². The van der Waals surface area contributed by atoms with E-state index in [0.717, 1.165) is 19.4 Å². The van der Waals surface area contributed by atoms with E-state index in [2.05, 4.69) is 71.3 Å². The van der Waals surface area contributed by atoms with Crippen LogP contribution in [0.15, 0.2) is 28.7 Å². The molecule has 2 aromatic rings. The first-order valence-electron chi connectivity index (χ1n) is 6.99. The molecule has 1 unspecified atom stereocenters. The average molecular weight is 353 g/mol. The van der Waals surface area contributed by atoms with Crippen molar-refractivity contribution >= 4 is 27.3 Å². The van der Waals surface area contributed by atoms with Crippen molar-refractivity contribution in [2.45, 2.75) is 39.7 Å². The number of rotatable bonds is 6. The number of nitrogens with zero attached hydrogens (tertiary/aromatic N) is 1. The maximum atomic E-state index is 4.66. The molecule has 0 saturated carbocycles. The topological polar surface area (TPSA) is 24.9 Å². The molecule has 1 aromatic heterocycles. The van der Waals surface area contributed by atoms with Crippen molar-refractivity contribution in [1.29, 1.82) is 0 Å². The monoisotopic (exact) mass is 352 g/mol. The van der Waals surface area contributed by atoms with Gasteiger partial charge in [-0.25, -0.2) is 4.98 Å². The highest BCUT2D eigenvalue weighted by molar-refractivity contribution is 9.10. The average Bonchev–Trinajstić information content (AvgIpc) is 2.71. The number of likely N-dealkylation sites (N-methyl/N-ethyl adjacent to an activating group) is 1. The summed E-state index contributed by atoms with van der Waals surface area (Å²) in [5.74, 6) is 0. The van der Waals surface area contributed by atoms with Gasteiger partial charge in [-0.2, -0.15) is 0 Å². The fourth-order valence-corrected chi connectivity index (χ4v) is 3.73. The molecule has 4 heteroatoms. The molecule has 0 radical (unpaired) electrons. The molecule has 1 aromatic carbocycles. The summed E-state index contributed by atoms with van der Waals surface area (Å²) in [7, 11) is 0. The van der Waals surface area contributed by atoms with Crippen molar-refractivity contribution in [3.8, 4) is 0 Å². The number of thiazole rings is 1. The number of aromatic nitrogens is 1. The van der Waals surface area contributed by atoms with Crippen LogP contribution < -0.4 is 5.32 Å². The summed E-state index contributed by atoms with van der Waals surface area (Å²) in [6, 6.07) is 8.89. The highest BCUT2D eigenvalue weighted by atomic mass is 79.9. The Morgan fingerprint density at radius 2 is 2.00 bits per heavy atom. The van der Waals surface area contributed by atoms with Crippen molar-refractivity contribution in [1.82, 2.24) is 10.3 Å². The predicted molar refractivity (Wildman–Crippen MR) is 90.6 cm³/mol. The van der Waals surface area contributed by atoms with Gasteiger partial charge in [0.05, 0.1) is 10.7 Å². The van der Waals surface area contributed by atoms with Crippen LogP contribution in [-0.2, 0) is 12.8 Å². The van der Waals surface area contributed by atoms with Crippen LogP contribution in [0.1, 0.15) is 28.1 Å². The lowest BCUT2D eigenvalue weighted by Gasteiger charge is -2.17. The third-order valence-electron chi connectivity index (χ3n) is 3.41. The minimum absolute atomic E-state index is 0.434. The Kier molecular flexibility index (Phi) is 5.75. The molecule has 0 spiro atoms. The molecule has 0 aliphatic rings. The number of hydrogen-bond donors (Lipinski definition) is 1. The number of benzene rings is 1. The van der Waals surface area contributed by atoms with Gasteiger partial charge in [-0.05, 0) is 38.4 Å². The fourth-order valence-electron chi connectivity index (χ4n) is 2.27. The molecule has 1 N–H and O–H groups in total. The Balaban J connectivity index is 2.09. The molecule has 2 nitrogen and oxygen atoms in total.